The molecular weight excluding hydrogens is 216 g/mol. The van der Waals surface area contributed by atoms with Gasteiger partial charge in [0.15, 0.2) is 17.8 Å². The summed E-state index contributed by atoms with van der Waals surface area (Å²) in [4.78, 5) is 21.7. The van der Waals surface area contributed by atoms with Gasteiger partial charge in [-0.1, -0.05) is 0 Å². The van der Waals surface area contributed by atoms with E-state index in [-0.39, 0.29) is 0 Å². The average Bonchev–Trinajstić information content (AvgIpc) is 2.82. The van der Waals surface area contributed by atoms with Crippen LogP contribution in [0.4, 0.5) is 5.82 Å². The summed E-state index contributed by atoms with van der Waals surface area (Å²) in [5, 5.41) is 0. The van der Waals surface area contributed by atoms with Crippen LogP contribution in [0.5, 0.6) is 0 Å². The van der Waals surface area contributed by atoms with Crippen LogP contribution in [0.1, 0.15) is 29.8 Å². The van der Waals surface area contributed by atoms with Gasteiger partial charge in [-0.25, -0.2) is 9.97 Å². The third-order valence-corrected chi connectivity index (χ3v) is 3.15. The summed E-state index contributed by atoms with van der Waals surface area (Å²) in [5.74, 6) is 0.889. The number of hydrogen-bond acceptors (Lipinski definition) is 4. The first-order chi connectivity index (χ1) is 8.38. The van der Waals surface area contributed by atoms with E-state index in [0.29, 0.717) is 5.69 Å². The number of hydrogen-bond donors (Lipinski definition) is 0. The monoisotopic (exact) mass is 230 g/mol. The highest BCUT2D eigenvalue weighted by atomic mass is 16.1. The molecule has 0 aliphatic carbocycles. The zero-order chi connectivity index (χ0) is 11.7. The Hall–Kier alpha value is -1.91. The van der Waals surface area contributed by atoms with E-state index in [1.165, 1.54) is 19.3 Å². The lowest BCUT2D eigenvalue weighted by Crippen LogP contribution is -2.30. The van der Waals surface area contributed by atoms with E-state index in [0.717, 1.165) is 30.8 Å². The van der Waals surface area contributed by atoms with E-state index in [2.05, 4.69) is 14.9 Å². The van der Waals surface area contributed by atoms with Crippen molar-refractivity contribution in [1.82, 2.24) is 14.4 Å². The summed E-state index contributed by atoms with van der Waals surface area (Å²) in [5.41, 5.74) is 1.23. The molecule has 0 radical (unpaired) electrons. The summed E-state index contributed by atoms with van der Waals surface area (Å²) in [6.45, 7) is 2.05. The number of fused-ring (bicyclic) bond motifs is 1. The lowest BCUT2D eigenvalue weighted by atomic mass is 10.1. The fourth-order valence-electron chi connectivity index (χ4n) is 2.31. The standard InChI is InChI=1S/C12H14N4O/c17-9-10-8-16-7-4-13-11(12(16)14-10)15-5-2-1-3-6-15/h4,7-9H,1-3,5-6H2. The van der Waals surface area contributed by atoms with Crippen LogP contribution in [-0.4, -0.2) is 33.7 Å². The number of carbonyl (C=O) groups is 1. The van der Waals surface area contributed by atoms with Gasteiger partial charge in [0.1, 0.15) is 5.69 Å². The van der Waals surface area contributed by atoms with Crippen molar-refractivity contribution in [1.29, 1.82) is 0 Å². The van der Waals surface area contributed by atoms with Gasteiger partial charge in [-0.05, 0) is 19.3 Å². The molecule has 1 aliphatic rings. The Morgan fingerprint density at radius 2 is 2.06 bits per heavy atom. The molecule has 0 unspecified atom stereocenters. The Morgan fingerprint density at radius 3 is 2.82 bits per heavy atom. The van der Waals surface area contributed by atoms with Crippen LogP contribution in [0.2, 0.25) is 0 Å². The maximum atomic E-state index is 10.8. The summed E-state index contributed by atoms with van der Waals surface area (Å²) >= 11 is 0. The Balaban J connectivity index is 2.08. The van der Waals surface area contributed by atoms with Crippen molar-refractivity contribution in [2.45, 2.75) is 19.3 Å². The molecule has 3 rings (SSSR count). The molecule has 1 fully saturated rings. The van der Waals surface area contributed by atoms with Gasteiger partial charge >= 0.3 is 0 Å². The molecule has 0 amide bonds. The molecule has 2 aromatic heterocycles. The van der Waals surface area contributed by atoms with Crippen LogP contribution in [0.15, 0.2) is 18.6 Å². The molecular formula is C12H14N4O. The summed E-state index contributed by atoms with van der Waals surface area (Å²) in [6, 6.07) is 0. The SMILES string of the molecule is O=Cc1cn2ccnc(N3CCCCC3)c2n1. The van der Waals surface area contributed by atoms with E-state index in [1.54, 1.807) is 12.4 Å². The van der Waals surface area contributed by atoms with Gasteiger partial charge in [-0.3, -0.25) is 4.79 Å². The van der Waals surface area contributed by atoms with Crippen LogP contribution in [0, 0.1) is 0 Å². The first kappa shape index (κ1) is 10.3. The van der Waals surface area contributed by atoms with Gasteiger partial charge in [0.05, 0.1) is 0 Å². The summed E-state index contributed by atoms with van der Waals surface area (Å²) in [7, 11) is 0. The van der Waals surface area contributed by atoms with Gasteiger partial charge in [0, 0.05) is 31.7 Å². The van der Waals surface area contributed by atoms with Crippen molar-refractivity contribution in [3.63, 3.8) is 0 Å². The zero-order valence-corrected chi connectivity index (χ0v) is 9.54. The van der Waals surface area contributed by atoms with Crippen LogP contribution in [0.3, 0.4) is 0 Å². The normalized spacial score (nSPS) is 16.4. The van der Waals surface area contributed by atoms with Crippen molar-refractivity contribution < 1.29 is 4.79 Å². The Labute approximate surface area is 99.1 Å². The third-order valence-electron chi connectivity index (χ3n) is 3.15. The maximum Gasteiger partial charge on any atom is 0.180 e. The van der Waals surface area contributed by atoms with E-state index >= 15 is 0 Å². The Bertz CT molecular complexity index is 542. The highest BCUT2D eigenvalue weighted by Crippen LogP contribution is 2.21. The minimum atomic E-state index is 0.455. The molecule has 2 aromatic rings. The minimum Gasteiger partial charge on any atom is -0.354 e. The number of rotatable bonds is 2. The van der Waals surface area contributed by atoms with Crippen molar-refractivity contribution in [3.05, 3.63) is 24.3 Å². The first-order valence-corrected chi connectivity index (χ1v) is 5.92. The fourth-order valence-corrected chi connectivity index (χ4v) is 2.31. The number of imidazole rings is 1. The molecule has 1 saturated heterocycles. The van der Waals surface area contributed by atoms with Crippen LogP contribution in [-0.2, 0) is 0 Å². The molecule has 5 heteroatoms. The molecule has 88 valence electrons. The van der Waals surface area contributed by atoms with Gasteiger partial charge in [0.25, 0.3) is 0 Å². The van der Waals surface area contributed by atoms with Crippen LogP contribution < -0.4 is 4.90 Å². The minimum absolute atomic E-state index is 0.455. The fraction of sp³-hybridized carbons (Fsp3) is 0.417. The van der Waals surface area contributed by atoms with Crippen LogP contribution >= 0.6 is 0 Å². The molecule has 0 bridgehead atoms. The molecule has 0 aromatic carbocycles. The smallest absolute Gasteiger partial charge is 0.180 e. The first-order valence-electron chi connectivity index (χ1n) is 5.92. The molecule has 0 spiro atoms. The number of nitrogens with zero attached hydrogens (tertiary/aromatic N) is 4. The third kappa shape index (κ3) is 1.77. The number of piperidine rings is 1. The van der Waals surface area contributed by atoms with Crippen LogP contribution in [0.25, 0.3) is 5.65 Å². The predicted molar refractivity (Wildman–Crippen MR) is 64.4 cm³/mol. The quantitative estimate of drug-likeness (QED) is 0.734. The van der Waals surface area contributed by atoms with Gasteiger partial charge in [-0.2, -0.15) is 0 Å². The van der Waals surface area contributed by atoms with E-state index in [1.807, 2.05) is 10.6 Å². The lowest BCUT2D eigenvalue weighted by Gasteiger charge is -2.27. The van der Waals surface area contributed by atoms with Crippen molar-refractivity contribution in [3.8, 4) is 0 Å². The molecule has 5 nitrogen and oxygen atoms in total. The van der Waals surface area contributed by atoms with Crippen molar-refractivity contribution in [2.75, 3.05) is 18.0 Å². The average molecular weight is 230 g/mol. The lowest BCUT2D eigenvalue weighted by molar-refractivity contribution is 0.111. The number of aldehydes is 1. The maximum absolute atomic E-state index is 10.8. The predicted octanol–water partition coefficient (Wildman–Crippen LogP) is 1.53. The number of carbonyl (C=O) groups excluding carboxylic acids is 1. The molecule has 17 heavy (non-hydrogen) atoms. The summed E-state index contributed by atoms with van der Waals surface area (Å²) < 4.78 is 1.86. The second-order valence-corrected chi connectivity index (χ2v) is 4.31. The Morgan fingerprint density at radius 1 is 1.24 bits per heavy atom. The van der Waals surface area contributed by atoms with Crippen molar-refractivity contribution in [2.24, 2.45) is 0 Å². The highest BCUT2D eigenvalue weighted by Gasteiger charge is 2.16. The highest BCUT2D eigenvalue weighted by molar-refractivity contribution is 5.76. The van der Waals surface area contributed by atoms with Gasteiger partial charge in [0.2, 0.25) is 0 Å². The zero-order valence-electron chi connectivity index (χ0n) is 9.54. The topological polar surface area (TPSA) is 50.5 Å². The number of aromatic nitrogens is 3. The largest absolute Gasteiger partial charge is 0.354 e. The Kier molecular flexibility index (Phi) is 2.51. The molecule has 0 N–H and O–H groups in total. The van der Waals surface area contributed by atoms with E-state index < -0.39 is 0 Å². The molecule has 0 atom stereocenters. The van der Waals surface area contributed by atoms with Crippen molar-refractivity contribution >= 4 is 17.8 Å². The van der Waals surface area contributed by atoms with Gasteiger partial charge < -0.3 is 9.30 Å². The summed E-state index contributed by atoms with van der Waals surface area (Å²) in [6.07, 6.45) is 9.77. The molecule has 3 heterocycles. The van der Waals surface area contributed by atoms with Gasteiger partial charge in [-0.15, -0.1) is 0 Å². The molecule has 1 aliphatic heterocycles. The van der Waals surface area contributed by atoms with E-state index in [9.17, 15) is 4.79 Å². The van der Waals surface area contributed by atoms with E-state index in [4.69, 9.17) is 0 Å². The second kappa shape index (κ2) is 4.16. The second-order valence-electron chi connectivity index (χ2n) is 4.31. The molecule has 0 saturated carbocycles. The number of anilines is 1.